The number of benzene rings is 1. The van der Waals surface area contributed by atoms with Crippen LogP contribution in [0.1, 0.15) is 92.2 Å². The van der Waals surface area contributed by atoms with Crippen molar-refractivity contribution in [1.82, 2.24) is 10.2 Å². The number of hydrogen-bond donors (Lipinski definition) is 1. The predicted molar refractivity (Wildman–Crippen MR) is 191 cm³/mol. The summed E-state index contributed by atoms with van der Waals surface area (Å²) in [7, 11) is 0. The Hall–Kier alpha value is -3.16. The van der Waals surface area contributed by atoms with Gasteiger partial charge in [0.15, 0.2) is 5.78 Å². The summed E-state index contributed by atoms with van der Waals surface area (Å²) < 4.78 is 5.35. The molecule has 2 fully saturated rings. The number of rotatable bonds is 9. The molecule has 0 aliphatic carbocycles. The first kappa shape index (κ1) is 41.8. The number of piperidine rings is 1. The van der Waals surface area contributed by atoms with Gasteiger partial charge in [0.25, 0.3) is 0 Å². The van der Waals surface area contributed by atoms with Gasteiger partial charge in [0.2, 0.25) is 5.91 Å². The van der Waals surface area contributed by atoms with Gasteiger partial charge in [-0.2, -0.15) is 0 Å². The molecule has 1 aromatic rings. The van der Waals surface area contributed by atoms with E-state index in [1.165, 1.54) is 50.9 Å². The second kappa shape index (κ2) is 24.1. The minimum Gasteiger partial charge on any atom is -0.442 e. The molecule has 2 amide bonds. The number of carbonyl (C=O) groups excluding carboxylic acids is 3. The first-order valence-corrected chi connectivity index (χ1v) is 16.6. The molecule has 0 aromatic heterocycles. The number of halogens is 1. The lowest BCUT2D eigenvalue weighted by Crippen LogP contribution is -2.35. The van der Waals surface area contributed by atoms with Crippen LogP contribution in [-0.2, 0) is 14.3 Å². The fourth-order valence-electron chi connectivity index (χ4n) is 4.25. The summed E-state index contributed by atoms with van der Waals surface area (Å²) in [6.45, 7) is 23.7. The number of likely N-dealkylation sites (tertiary alicyclic amines) is 1. The number of ether oxygens (including phenoxy) is 1. The first-order chi connectivity index (χ1) is 21.4. The van der Waals surface area contributed by atoms with Crippen LogP contribution >= 0.6 is 11.6 Å². The topological polar surface area (TPSA) is 79.0 Å². The van der Waals surface area contributed by atoms with E-state index < -0.39 is 6.09 Å². The minimum atomic E-state index is -0.393. The number of Topliss-reactive ketones (excluding diaryl/α,β-unsaturated/α-hetero) is 1. The summed E-state index contributed by atoms with van der Waals surface area (Å²) in [6.07, 6.45) is 13.7. The number of allylic oxidation sites excluding steroid dienone is 7. The van der Waals surface area contributed by atoms with Gasteiger partial charge in [0.05, 0.1) is 13.1 Å². The van der Waals surface area contributed by atoms with Crippen molar-refractivity contribution in [3.63, 3.8) is 0 Å². The molecule has 2 aliphatic rings. The summed E-state index contributed by atoms with van der Waals surface area (Å²) in [5.74, 6) is -0.0806. The highest BCUT2D eigenvalue weighted by Gasteiger charge is 2.32. The highest BCUT2D eigenvalue weighted by Crippen LogP contribution is 2.24. The Morgan fingerprint density at radius 1 is 0.978 bits per heavy atom. The van der Waals surface area contributed by atoms with Crippen LogP contribution in [0.2, 0.25) is 0 Å². The average Bonchev–Trinajstić information content (AvgIpc) is 3.41. The minimum absolute atomic E-state index is 0.133. The standard InChI is InChI=1S/C19H23ClN2O3.C8H17N.C8H12O.C2H6/c1-12-6-8-16(9-14(12)3)22-11-17(25-19(22)24)10-21-18(23)13(2)5-7-15(4)20;1-2-6-9-7-4-3-5-8-9;1-4-5-6-7(2)8(3)9;1-2/h5-9,17H,10-11H2,1-4H3,(H,21,23);2-8H2,1H3;4-6H,1-3H3;1-2H3/b13-5+,15-7+;;5-4-,7-6-;. The van der Waals surface area contributed by atoms with Crippen LogP contribution in [0.4, 0.5) is 10.5 Å². The van der Waals surface area contributed by atoms with Gasteiger partial charge in [0, 0.05) is 16.3 Å². The van der Waals surface area contributed by atoms with Gasteiger partial charge >= 0.3 is 6.09 Å². The number of ketones is 1. The lowest BCUT2D eigenvalue weighted by Gasteiger charge is -2.25. The van der Waals surface area contributed by atoms with Gasteiger partial charge in [-0.15, -0.1) is 0 Å². The third kappa shape index (κ3) is 17.8. The Morgan fingerprint density at radius 3 is 2.16 bits per heavy atom. The maximum atomic E-state index is 12.1. The number of carbonyl (C=O) groups is 3. The van der Waals surface area contributed by atoms with Crippen molar-refractivity contribution in [2.75, 3.05) is 37.6 Å². The first-order valence-electron chi connectivity index (χ1n) is 16.3. The Morgan fingerprint density at radius 2 is 1.62 bits per heavy atom. The molecule has 45 heavy (non-hydrogen) atoms. The smallest absolute Gasteiger partial charge is 0.414 e. The Labute approximate surface area is 278 Å². The van der Waals surface area contributed by atoms with E-state index in [0.717, 1.165) is 16.8 Å². The molecule has 0 radical (unpaired) electrons. The van der Waals surface area contributed by atoms with Crippen molar-refractivity contribution in [3.8, 4) is 0 Å². The van der Waals surface area contributed by atoms with Crippen molar-refractivity contribution in [2.24, 2.45) is 0 Å². The summed E-state index contributed by atoms with van der Waals surface area (Å²) in [6, 6.07) is 5.84. The highest BCUT2D eigenvalue weighted by atomic mass is 35.5. The zero-order chi connectivity index (χ0) is 34.4. The quantitative estimate of drug-likeness (QED) is 0.215. The highest BCUT2D eigenvalue weighted by molar-refractivity contribution is 6.29. The summed E-state index contributed by atoms with van der Waals surface area (Å²) in [5.41, 5.74) is 4.43. The molecule has 8 heteroatoms. The summed E-state index contributed by atoms with van der Waals surface area (Å²) in [5, 5.41) is 3.38. The van der Waals surface area contributed by atoms with Gasteiger partial charge in [-0.25, -0.2) is 4.79 Å². The third-order valence-corrected chi connectivity index (χ3v) is 7.30. The van der Waals surface area contributed by atoms with Gasteiger partial charge in [-0.1, -0.05) is 69.2 Å². The second-order valence-electron chi connectivity index (χ2n) is 11.0. The van der Waals surface area contributed by atoms with Crippen LogP contribution < -0.4 is 10.2 Å². The van der Waals surface area contributed by atoms with E-state index in [2.05, 4.69) is 17.1 Å². The number of aryl methyl sites for hydroxylation is 2. The normalized spacial score (nSPS) is 17.3. The van der Waals surface area contributed by atoms with Gasteiger partial charge in [-0.3, -0.25) is 14.5 Å². The van der Waals surface area contributed by atoms with E-state index in [1.54, 1.807) is 37.8 Å². The number of hydrogen-bond acceptors (Lipinski definition) is 5. The van der Waals surface area contributed by atoms with E-state index in [1.807, 2.05) is 78.0 Å². The number of cyclic esters (lactones) is 1. The lowest BCUT2D eigenvalue weighted by molar-refractivity contribution is -0.117. The maximum absolute atomic E-state index is 12.1. The Bertz CT molecular complexity index is 1170. The van der Waals surface area contributed by atoms with Crippen molar-refractivity contribution in [1.29, 1.82) is 0 Å². The van der Waals surface area contributed by atoms with E-state index >= 15 is 0 Å². The number of amides is 2. The molecular weight excluding hydrogens is 586 g/mol. The molecule has 1 atom stereocenters. The SMILES string of the molecule is C/C(Cl)=C\C=C(/C)C(=O)NCC1CN(c2ccc(C)c(C)c2)C(=O)O1.C/C=C\C=C(\C)C(C)=O.CC.CCCN1CCCCC1. The average molecular weight is 644 g/mol. The summed E-state index contributed by atoms with van der Waals surface area (Å²) >= 11 is 5.74. The zero-order valence-electron chi connectivity index (χ0n) is 29.5. The van der Waals surface area contributed by atoms with Crippen LogP contribution in [0.3, 0.4) is 0 Å². The van der Waals surface area contributed by atoms with Crippen LogP contribution in [-0.4, -0.2) is 61.5 Å². The van der Waals surface area contributed by atoms with Crippen molar-refractivity contribution >= 4 is 35.1 Å². The molecule has 0 saturated carbocycles. The molecule has 0 bridgehead atoms. The molecule has 1 N–H and O–H groups in total. The lowest BCUT2D eigenvalue weighted by atomic mass is 10.1. The van der Waals surface area contributed by atoms with Crippen molar-refractivity contribution in [2.45, 2.75) is 101 Å². The maximum Gasteiger partial charge on any atom is 0.414 e. The second-order valence-corrected chi connectivity index (χ2v) is 11.6. The fourth-order valence-corrected chi connectivity index (χ4v) is 4.31. The fraction of sp³-hybridized carbons (Fsp3) is 0.541. The Kier molecular flexibility index (Phi) is 22.4. The summed E-state index contributed by atoms with van der Waals surface area (Å²) in [4.78, 5) is 38.8. The van der Waals surface area contributed by atoms with Crippen LogP contribution in [0.15, 0.2) is 64.8 Å². The molecule has 2 aliphatic heterocycles. The molecule has 3 rings (SSSR count). The van der Waals surface area contributed by atoms with Gasteiger partial charge in [0.1, 0.15) is 6.10 Å². The predicted octanol–water partition coefficient (Wildman–Crippen LogP) is 8.84. The Balaban J connectivity index is 0.000000790. The van der Waals surface area contributed by atoms with E-state index in [0.29, 0.717) is 17.2 Å². The van der Waals surface area contributed by atoms with Crippen molar-refractivity contribution < 1.29 is 19.1 Å². The van der Waals surface area contributed by atoms with Crippen LogP contribution in [0, 0.1) is 13.8 Å². The van der Waals surface area contributed by atoms with E-state index in [4.69, 9.17) is 16.3 Å². The largest absolute Gasteiger partial charge is 0.442 e. The van der Waals surface area contributed by atoms with E-state index in [-0.39, 0.29) is 24.3 Å². The molecule has 1 unspecified atom stereocenters. The molecular formula is C37H58ClN3O4. The van der Waals surface area contributed by atoms with Gasteiger partial charge in [-0.05, 0) is 122 Å². The molecule has 1 aromatic carbocycles. The monoisotopic (exact) mass is 643 g/mol. The number of nitrogens with zero attached hydrogens (tertiary/aromatic N) is 2. The van der Waals surface area contributed by atoms with Crippen LogP contribution in [0.25, 0.3) is 0 Å². The zero-order valence-corrected chi connectivity index (χ0v) is 30.2. The van der Waals surface area contributed by atoms with Gasteiger partial charge < -0.3 is 15.0 Å². The molecule has 7 nitrogen and oxygen atoms in total. The van der Waals surface area contributed by atoms with Crippen LogP contribution in [0.5, 0.6) is 0 Å². The molecule has 2 saturated heterocycles. The third-order valence-electron chi connectivity index (χ3n) is 7.17. The number of nitrogens with one attached hydrogen (secondary N) is 1. The molecule has 252 valence electrons. The van der Waals surface area contributed by atoms with E-state index in [9.17, 15) is 14.4 Å². The molecule has 0 spiro atoms. The van der Waals surface area contributed by atoms with Crippen molar-refractivity contribution in [3.05, 3.63) is 75.9 Å². The molecule has 2 heterocycles. The number of anilines is 1.